The van der Waals surface area contributed by atoms with E-state index < -0.39 is 13.5 Å². The van der Waals surface area contributed by atoms with Gasteiger partial charge in [-0.25, -0.2) is 9.97 Å². The van der Waals surface area contributed by atoms with E-state index in [0.717, 1.165) is 33.4 Å². The molecular formula is C48H54B2N4P2. The molecule has 8 heteroatoms. The first kappa shape index (κ1) is 42.4. The van der Waals surface area contributed by atoms with E-state index in [9.17, 15) is 0 Å². The fourth-order valence-corrected chi connectivity index (χ4v) is 6.52. The second kappa shape index (κ2) is 18.5. The SMILES string of the molecule is CC.CC.[B]=P(C)(C)C.[B]=P(C)(C)C.c1ccc2c(c1)nc1c3ccccc3c3ccccc3n21.c1ccc2c(c1)nc1c3ccccc3c3ccccc3n21. The van der Waals surface area contributed by atoms with E-state index in [4.69, 9.17) is 24.3 Å². The summed E-state index contributed by atoms with van der Waals surface area (Å²) in [6, 6.07) is 50.7. The molecule has 0 fully saturated rings. The number of benzene rings is 6. The van der Waals surface area contributed by atoms with Crippen LogP contribution in [0.25, 0.3) is 76.7 Å². The van der Waals surface area contributed by atoms with Crippen LogP contribution in [0.3, 0.4) is 0 Å². The standard InChI is InChI=1S/2C19H12N2.2C3H9BP.2C2H6/c2*1-2-9-15-13(7-1)14-8-3-5-11-17(14)21-18-12-6-4-10-16(18)20-19(15)21;2*1-5(2,3)4;2*1-2/h2*1-12H;2*1-3H3;2*1-2H3. The molecule has 0 saturated carbocycles. The molecule has 6 aromatic carbocycles. The van der Waals surface area contributed by atoms with Crippen LogP contribution in [0.5, 0.6) is 0 Å². The van der Waals surface area contributed by atoms with Crippen LogP contribution in [-0.4, -0.2) is 73.1 Å². The zero-order valence-corrected chi connectivity index (χ0v) is 36.5. The van der Waals surface area contributed by atoms with E-state index in [1.165, 1.54) is 43.4 Å². The minimum Gasteiger partial charge on any atom is -0.292 e. The Bertz CT molecular complexity index is 2780. The molecule has 4 nitrogen and oxygen atoms in total. The zero-order chi connectivity index (χ0) is 40.6. The Balaban J connectivity index is 0.000000162. The summed E-state index contributed by atoms with van der Waals surface area (Å²) in [5, 5.41) is 7.46. The summed E-state index contributed by atoms with van der Waals surface area (Å²) in [6.07, 6.45) is 0. The summed E-state index contributed by atoms with van der Waals surface area (Å²) in [5.41, 5.74) is 8.89. The Kier molecular flexibility index (Phi) is 14.0. The van der Waals surface area contributed by atoms with Gasteiger partial charge in [-0.1, -0.05) is 137 Å². The maximum Gasteiger partial charge on any atom is 0.146 e. The minimum absolute atomic E-state index is 0.889. The maximum atomic E-state index is 5.47. The number of imidazole rings is 2. The van der Waals surface area contributed by atoms with Crippen molar-refractivity contribution in [3.8, 4) is 0 Å². The Morgan fingerprint density at radius 1 is 0.339 bits per heavy atom. The molecule has 0 bridgehead atoms. The van der Waals surface area contributed by atoms with Crippen LogP contribution in [0.15, 0.2) is 146 Å². The van der Waals surface area contributed by atoms with Gasteiger partial charge >= 0.3 is 67.9 Å². The maximum absolute atomic E-state index is 5.47. The van der Waals surface area contributed by atoms with E-state index >= 15 is 0 Å². The number of nitrogens with zero attached hydrogens (tertiary/aromatic N) is 4. The topological polar surface area (TPSA) is 34.6 Å². The van der Waals surface area contributed by atoms with Crippen molar-refractivity contribution in [2.24, 2.45) is 0 Å². The van der Waals surface area contributed by atoms with Crippen molar-refractivity contribution in [2.45, 2.75) is 27.7 Å². The molecule has 10 aromatic rings. The summed E-state index contributed by atoms with van der Waals surface area (Å²) >= 11 is 0. The second-order valence-electron chi connectivity index (χ2n) is 14.9. The van der Waals surface area contributed by atoms with Gasteiger partial charge in [-0.15, -0.1) is 0 Å². The third-order valence-electron chi connectivity index (χ3n) is 8.33. The van der Waals surface area contributed by atoms with Gasteiger partial charge in [0.2, 0.25) is 0 Å². The summed E-state index contributed by atoms with van der Waals surface area (Å²) in [6.45, 7) is 18.7. The predicted octanol–water partition coefficient (Wildman–Crippen LogP) is 13.6. The van der Waals surface area contributed by atoms with Crippen LogP contribution in [0.4, 0.5) is 0 Å². The van der Waals surface area contributed by atoms with Gasteiger partial charge in [0.15, 0.2) is 0 Å². The van der Waals surface area contributed by atoms with Crippen LogP contribution in [0.2, 0.25) is 0 Å². The van der Waals surface area contributed by atoms with Gasteiger partial charge in [-0.05, 0) is 47.2 Å². The van der Waals surface area contributed by atoms with E-state index in [0.29, 0.717) is 0 Å². The van der Waals surface area contributed by atoms with Gasteiger partial charge in [0.1, 0.15) is 11.3 Å². The Labute approximate surface area is 335 Å². The Hall–Kier alpha value is -4.75. The molecule has 2 radical (unpaired) electrons. The molecule has 0 N–H and O–H groups in total. The number of aromatic nitrogens is 4. The van der Waals surface area contributed by atoms with E-state index in [-0.39, 0.29) is 0 Å². The number of hydrogen-bond donors (Lipinski definition) is 0. The molecule has 282 valence electrons. The predicted molar refractivity (Wildman–Crippen MR) is 259 cm³/mol. The average molecular weight is 771 g/mol. The molecule has 0 aliphatic heterocycles. The van der Waals surface area contributed by atoms with Gasteiger partial charge in [0, 0.05) is 21.5 Å². The van der Waals surface area contributed by atoms with Crippen molar-refractivity contribution < 1.29 is 0 Å². The van der Waals surface area contributed by atoms with Crippen LogP contribution < -0.4 is 0 Å². The second-order valence-corrected chi connectivity index (χ2v) is 23.3. The number of pyridine rings is 2. The minimum atomic E-state index is -0.889. The molecule has 0 atom stereocenters. The van der Waals surface area contributed by atoms with Crippen molar-refractivity contribution in [3.05, 3.63) is 146 Å². The monoisotopic (exact) mass is 770 g/mol. The van der Waals surface area contributed by atoms with Gasteiger partial charge in [0.05, 0.1) is 33.1 Å². The smallest absolute Gasteiger partial charge is 0.146 e. The number of hydrogen-bond acceptors (Lipinski definition) is 2. The number of para-hydroxylation sites is 6. The van der Waals surface area contributed by atoms with E-state index in [1.807, 2.05) is 39.8 Å². The molecule has 0 saturated heterocycles. The summed E-state index contributed by atoms with van der Waals surface area (Å²) < 4.78 is 4.54. The van der Waals surface area contributed by atoms with Gasteiger partial charge in [-0.2, -0.15) is 0 Å². The largest absolute Gasteiger partial charge is 0.292 e. The van der Waals surface area contributed by atoms with E-state index in [1.54, 1.807) is 0 Å². The average Bonchev–Trinajstić information content (AvgIpc) is 3.79. The summed E-state index contributed by atoms with van der Waals surface area (Å²) in [5.74, 6) is 0. The van der Waals surface area contributed by atoms with Crippen molar-refractivity contribution in [1.82, 2.24) is 18.8 Å². The molecule has 0 amide bonds. The first-order chi connectivity index (χ1) is 26.9. The molecule has 4 aromatic heterocycles. The third kappa shape index (κ3) is 9.61. The summed E-state index contributed by atoms with van der Waals surface area (Å²) in [4.78, 5) is 9.71. The Morgan fingerprint density at radius 3 is 0.893 bits per heavy atom. The fourth-order valence-electron chi connectivity index (χ4n) is 6.52. The summed E-state index contributed by atoms with van der Waals surface area (Å²) in [7, 11) is 10.9. The Morgan fingerprint density at radius 2 is 0.571 bits per heavy atom. The van der Waals surface area contributed by atoms with Crippen molar-refractivity contribution in [3.63, 3.8) is 0 Å². The van der Waals surface area contributed by atoms with Gasteiger partial charge in [0.25, 0.3) is 0 Å². The molecule has 4 heterocycles. The fraction of sp³-hybridized carbons (Fsp3) is 0.208. The molecule has 56 heavy (non-hydrogen) atoms. The molecule has 10 rings (SSSR count). The van der Waals surface area contributed by atoms with Crippen LogP contribution >= 0.6 is 13.5 Å². The van der Waals surface area contributed by atoms with E-state index in [2.05, 4.69) is 182 Å². The van der Waals surface area contributed by atoms with Crippen molar-refractivity contribution in [1.29, 1.82) is 0 Å². The molecule has 0 aliphatic carbocycles. The third-order valence-corrected chi connectivity index (χ3v) is 8.33. The number of rotatable bonds is 0. The van der Waals surface area contributed by atoms with Crippen LogP contribution in [-0.2, 0) is 0 Å². The molecular weight excluding hydrogens is 716 g/mol. The first-order valence-corrected chi connectivity index (χ1v) is 25.8. The van der Waals surface area contributed by atoms with Crippen molar-refractivity contribution >= 4 is 105 Å². The molecule has 0 unspecified atom stereocenters. The molecule has 0 spiro atoms. The van der Waals surface area contributed by atoms with Crippen LogP contribution in [0, 0.1) is 0 Å². The van der Waals surface area contributed by atoms with Crippen molar-refractivity contribution in [2.75, 3.05) is 40.0 Å². The van der Waals surface area contributed by atoms with Gasteiger partial charge < -0.3 is 0 Å². The quantitative estimate of drug-likeness (QED) is 0.0874. The normalized spacial score (nSPS) is 11.1. The first-order valence-electron chi connectivity index (χ1n) is 19.4. The van der Waals surface area contributed by atoms with Crippen LogP contribution in [0.1, 0.15) is 27.7 Å². The number of fused-ring (bicyclic) bond motifs is 16. The molecule has 0 aliphatic rings. The van der Waals surface area contributed by atoms with Gasteiger partial charge in [-0.3, -0.25) is 8.80 Å². The zero-order valence-electron chi connectivity index (χ0n) is 34.7.